The number of hydrogen-bond donors (Lipinski definition) is 2. The second-order valence-corrected chi connectivity index (χ2v) is 6.47. The van der Waals surface area contributed by atoms with Gasteiger partial charge in [-0.3, -0.25) is 9.48 Å². The molecule has 0 aliphatic rings. The second-order valence-electron chi connectivity index (χ2n) is 6.47. The third-order valence-corrected chi connectivity index (χ3v) is 3.85. The summed E-state index contributed by atoms with van der Waals surface area (Å²) in [7, 11) is 1.78. The van der Waals surface area contributed by atoms with Crippen molar-refractivity contribution in [3.63, 3.8) is 0 Å². The number of aryl methyl sites for hydroxylation is 1. The second kappa shape index (κ2) is 7.49. The van der Waals surface area contributed by atoms with Crippen molar-refractivity contribution < 1.29 is 14.6 Å². The van der Waals surface area contributed by atoms with E-state index in [0.29, 0.717) is 17.2 Å². The predicted molar refractivity (Wildman–Crippen MR) is 91.8 cm³/mol. The van der Waals surface area contributed by atoms with Gasteiger partial charge in [-0.15, -0.1) is 0 Å². The van der Waals surface area contributed by atoms with Crippen LogP contribution in [0, 0.1) is 0 Å². The van der Waals surface area contributed by atoms with Crippen molar-refractivity contribution in [2.45, 2.75) is 32.3 Å². The number of aromatic nitrogens is 2. The molecule has 0 fully saturated rings. The molecule has 0 aliphatic carbocycles. The fraction of sp³-hybridized carbons (Fsp3) is 0.444. The van der Waals surface area contributed by atoms with Crippen LogP contribution in [-0.2, 0) is 17.4 Å². The van der Waals surface area contributed by atoms with Gasteiger partial charge in [0.05, 0.1) is 12.7 Å². The molecule has 6 heteroatoms. The standard InChI is InChI=1S/C18H25N3O3/c1-13(2)14-6-5-7-16(8-14)24-11-17(22)19-12-18(3,23)15-9-20-21(4)10-15/h5-10,13,23H,11-12H2,1-4H3,(H,19,22). The van der Waals surface area contributed by atoms with E-state index in [2.05, 4.69) is 24.3 Å². The molecule has 2 rings (SSSR count). The zero-order valence-corrected chi connectivity index (χ0v) is 14.6. The highest BCUT2D eigenvalue weighted by molar-refractivity contribution is 5.77. The highest BCUT2D eigenvalue weighted by atomic mass is 16.5. The van der Waals surface area contributed by atoms with E-state index in [0.717, 1.165) is 5.56 Å². The van der Waals surface area contributed by atoms with Crippen LogP contribution in [0.5, 0.6) is 5.75 Å². The largest absolute Gasteiger partial charge is 0.484 e. The number of rotatable bonds is 7. The molecule has 0 bridgehead atoms. The zero-order chi connectivity index (χ0) is 17.7. The van der Waals surface area contributed by atoms with Crippen LogP contribution in [0.15, 0.2) is 36.7 Å². The maximum atomic E-state index is 12.0. The topological polar surface area (TPSA) is 76.4 Å². The lowest BCUT2D eigenvalue weighted by molar-refractivity contribution is -0.124. The summed E-state index contributed by atoms with van der Waals surface area (Å²) in [5.74, 6) is 0.779. The average Bonchev–Trinajstić information content (AvgIpc) is 2.99. The van der Waals surface area contributed by atoms with Crippen LogP contribution in [0.2, 0.25) is 0 Å². The van der Waals surface area contributed by atoms with Gasteiger partial charge >= 0.3 is 0 Å². The van der Waals surface area contributed by atoms with Crippen molar-refractivity contribution in [1.82, 2.24) is 15.1 Å². The van der Waals surface area contributed by atoms with Gasteiger partial charge in [-0.1, -0.05) is 26.0 Å². The number of aliphatic hydroxyl groups is 1. The van der Waals surface area contributed by atoms with E-state index in [1.165, 1.54) is 0 Å². The molecule has 0 aliphatic heterocycles. The molecule has 0 radical (unpaired) electrons. The maximum absolute atomic E-state index is 12.0. The van der Waals surface area contributed by atoms with Gasteiger partial charge in [0.2, 0.25) is 0 Å². The van der Waals surface area contributed by atoms with Gasteiger partial charge in [-0.2, -0.15) is 5.10 Å². The van der Waals surface area contributed by atoms with Gasteiger partial charge in [0.15, 0.2) is 6.61 Å². The first kappa shape index (κ1) is 18.0. The minimum Gasteiger partial charge on any atom is -0.484 e. The van der Waals surface area contributed by atoms with E-state index in [-0.39, 0.29) is 19.1 Å². The highest BCUT2D eigenvalue weighted by Crippen LogP contribution is 2.20. The smallest absolute Gasteiger partial charge is 0.258 e. The quantitative estimate of drug-likeness (QED) is 0.813. The van der Waals surface area contributed by atoms with Crippen LogP contribution in [0.1, 0.15) is 37.8 Å². The molecule has 1 heterocycles. The third-order valence-electron chi connectivity index (χ3n) is 3.85. The molecule has 1 unspecified atom stereocenters. The first-order chi connectivity index (χ1) is 11.3. The van der Waals surface area contributed by atoms with Crippen molar-refractivity contribution in [1.29, 1.82) is 0 Å². The van der Waals surface area contributed by atoms with Gasteiger partial charge in [-0.25, -0.2) is 0 Å². The number of nitrogens with zero attached hydrogens (tertiary/aromatic N) is 2. The number of nitrogens with one attached hydrogen (secondary N) is 1. The predicted octanol–water partition coefficient (Wildman–Crippen LogP) is 1.95. The summed E-state index contributed by atoms with van der Waals surface area (Å²) in [5.41, 5.74) is 0.629. The normalized spacial score (nSPS) is 13.6. The van der Waals surface area contributed by atoms with E-state index in [4.69, 9.17) is 4.74 Å². The van der Waals surface area contributed by atoms with E-state index in [9.17, 15) is 9.90 Å². The number of hydrogen-bond acceptors (Lipinski definition) is 4. The number of carbonyl (C=O) groups excluding carboxylic acids is 1. The molecule has 2 N–H and O–H groups in total. The van der Waals surface area contributed by atoms with Crippen LogP contribution in [-0.4, -0.2) is 33.9 Å². The summed E-state index contributed by atoms with van der Waals surface area (Å²) in [5, 5.41) is 17.1. The Labute approximate surface area is 142 Å². The monoisotopic (exact) mass is 331 g/mol. The maximum Gasteiger partial charge on any atom is 0.258 e. The molecule has 2 aromatic rings. The first-order valence-corrected chi connectivity index (χ1v) is 7.99. The van der Waals surface area contributed by atoms with Crippen LogP contribution in [0.4, 0.5) is 0 Å². The fourth-order valence-electron chi connectivity index (χ4n) is 2.24. The number of amides is 1. The Morgan fingerprint density at radius 3 is 2.83 bits per heavy atom. The molecule has 6 nitrogen and oxygen atoms in total. The Morgan fingerprint density at radius 1 is 1.46 bits per heavy atom. The number of ether oxygens (including phenoxy) is 1. The molecular weight excluding hydrogens is 306 g/mol. The molecule has 1 aromatic carbocycles. The molecule has 130 valence electrons. The van der Waals surface area contributed by atoms with Crippen molar-refractivity contribution in [3.05, 3.63) is 47.8 Å². The Morgan fingerprint density at radius 2 is 2.21 bits per heavy atom. The van der Waals surface area contributed by atoms with Crippen LogP contribution >= 0.6 is 0 Å². The van der Waals surface area contributed by atoms with Crippen LogP contribution in [0.25, 0.3) is 0 Å². The van der Waals surface area contributed by atoms with E-state index in [1.54, 1.807) is 31.0 Å². The van der Waals surface area contributed by atoms with E-state index >= 15 is 0 Å². The molecular formula is C18H25N3O3. The molecule has 1 amide bonds. The average molecular weight is 331 g/mol. The summed E-state index contributed by atoms with van der Waals surface area (Å²) < 4.78 is 7.13. The van der Waals surface area contributed by atoms with Crippen LogP contribution < -0.4 is 10.1 Å². The van der Waals surface area contributed by atoms with Crippen molar-refractivity contribution in [2.75, 3.05) is 13.2 Å². The van der Waals surface area contributed by atoms with Crippen LogP contribution in [0.3, 0.4) is 0 Å². The fourth-order valence-corrected chi connectivity index (χ4v) is 2.24. The van der Waals surface area contributed by atoms with Crippen molar-refractivity contribution >= 4 is 5.91 Å². The third kappa shape index (κ3) is 4.83. The molecule has 0 saturated heterocycles. The molecule has 1 aromatic heterocycles. The Bertz CT molecular complexity index is 692. The Kier molecular flexibility index (Phi) is 5.62. The lowest BCUT2D eigenvalue weighted by atomic mass is 10.00. The summed E-state index contributed by atoms with van der Waals surface area (Å²) in [4.78, 5) is 12.0. The zero-order valence-electron chi connectivity index (χ0n) is 14.6. The minimum atomic E-state index is -1.18. The number of benzene rings is 1. The van der Waals surface area contributed by atoms with E-state index < -0.39 is 5.60 Å². The highest BCUT2D eigenvalue weighted by Gasteiger charge is 2.25. The molecule has 0 spiro atoms. The lowest BCUT2D eigenvalue weighted by Crippen LogP contribution is -2.40. The first-order valence-electron chi connectivity index (χ1n) is 7.99. The SMILES string of the molecule is CC(C)c1cccc(OCC(=O)NCC(C)(O)c2cnn(C)c2)c1. The van der Waals surface area contributed by atoms with Gasteiger partial charge in [-0.05, 0) is 30.5 Å². The van der Waals surface area contributed by atoms with E-state index in [1.807, 2.05) is 24.3 Å². The van der Waals surface area contributed by atoms with Crippen molar-refractivity contribution in [3.8, 4) is 5.75 Å². The van der Waals surface area contributed by atoms with Gasteiger partial charge in [0, 0.05) is 18.8 Å². The Balaban J connectivity index is 1.84. The van der Waals surface area contributed by atoms with Gasteiger partial charge in [0.25, 0.3) is 5.91 Å². The lowest BCUT2D eigenvalue weighted by Gasteiger charge is -2.22. The minimum absolute atomic E-state index is 0.0902. The number of carbonyl (C=O) groups is 1. The summed E-state index contributed by atoms with van der Waals surface area (Å²) in [6, 6.07) is 7.70. The Hall–Kier alpha value is -2.34. The molecule has 24 heavy (non-hydrogen) atoms. The van der Waals surface area contributed by atoms with Gasteiger partial charge < -0.3 is 15.2 Å². The molecule has 1 atom stereocenters. The summed E-state index contributed by atoms with van der Waals surface area (Å²) >= 11 is 0. The summed E-state index contributed by atoms with van der Waals surface area (Å²) in [6.07, 6.45) is 3.31. The molecule has 0 saturated carbocycles. The summed E-state index contributed by atoms with van der Waals surface area (Å²) in [6.45, 7) is 5.84. The van der Waals surface area contributed by atoms with Crippen molar-refractivity contribution in [2.24, 2.45) is 7.05 Å². The van der Waals surface area contributed by atoms with Gasteiger partial charge in [0.1, 0.15) is 11.4 Å².